The lowest BCUT2D eigenvalue weighted by atomic mass is 10.2. The van der Waals surface area contributed by atoms with Crippen molar-refractivity contribution in [2.75, 3.05) is 0 Å². The molecule has 0 radical (unpaired) electrons. The third-order valence-electron chi connectivity index (χ3n) is 2.44. The second kappa shape index (κ2) is 5.55. The first-order valence-corrected chi connectivity index (χ1v) is 5.50. The molecule has 4 nitrogen and oxygen atoms in total. The summed E-state index contributed by atoms with van der Waals surface area (Å²) in [4.78, 5) is 8.03. The molecule has 0 spiro atoms. The molecular formula is C13H13FN2O2. The van der Waals surface area contributed by atoms with E-state index in [4.69, 9.17) is 9.84 Å². The molecule has 0 aliphatic carbocycles. The highest BCUT2D eigenvalue weighted by Crippen LogP contribution is 2.17. The van der Waals surface area contributed by atoms with Crippen LogP contribution in [0.4, 0.5) is 4.39 Å². The maximum atomic E-state index is 13.4. The molecule has 0 fully saturated rings. The van der Waals surface area contributed by atoms with Crippen LogP contribution in [0, 0.1) is 12.7 Å². The van der Waals surface area contributed by atoms with Crippen molar-refractivity contribution in [2.24, 2.45) is 0 Å². The topological polar surface area (TPSA) is 55.2 Å². The number of halogens is 1. The Morgan fingerprint density at radius 1 is 1.28 bits per heavy atom. The number of aliphatic hydroxyl groups is 1. The van der Waals surface area contributed by atoms with Crippen molar-refractivity contribution in [1.29, 1.82) is 0 Å². The van der Waals surface area contributed by atoms with Gasteiger partial charge in [0.2, 0.25) is 5.88 Å². The van der Waals surface area contributed by atoms with E-state index in [2.05, 4.69) is 9.97 Å². The number of ether oxygens (including phenoxy) is 1. The predicted octanol–water partition coefficient (Wildman–Crippen LogP) is 2.00. The Kier molecular flexibility index (Phi) is 3.84. The molecule has 1 aromatic heterocycles. The lowest BCUT2D eigenvalue weighted by molar-refractivity contribution is 0.249. The maximum absolute atomic E-state index is 13.4. The van der Waals surface area contributed by atoms with E-state index in [1.54, 1.807) is 25.1 Å². The van der Waals surface area contributed by atoms with Gasteiger partial charge in [-0.05, 0) is 13.0 Å². The third-order valence-corrected chi connectivity index (χ3v) is 2.44. The van der Waals surface area contributed by atoms with E-state index in [1.807, 2.05) is 0 Å². The lowest BCUT2D eigenvalue weighted by Gasteiger charge is -2.09. The molecule has 5 heteroatoms. The van der Waals surface area contributed by atoms with Crippen LogP contribution >= 0.6 is 0 Å². The minimum absolute atomic E-state index is 0.0656. The van der Waals surface area contributed by atoms with Crippen molar-refractivity contribution in [3.63, 3.8) is 0 Å². The van der Waals surface area contributed by atoms with Crippen LogP contribution in [0.3, 0.4) is 0 Å². The summed E-state index contributed by atoms with van der Waals surface area (Å²) >= 11 is 0. The minimum atomic E-state index is -0.325. The van der Waals surface area contributed by atoms with E-state index < -0.39 is 0 Å². The van der Waals surface area contributed by atoms with Crippen LogP contribution in [0.15, 0.2) is 30.5 Å². The fraction of sp³-hybridized carbons (Fsp3) is 0.231. The smallest absolute Gasteiger partial charge is 0.222 e. The number of hydrogen-bond donors (Lipinski definition) is 1. The molecule has 1 aromatic carbocycles. The van der Waals surface area contributed by atoms with Gasteiger partial charge in [0.1, 0.15) is 18.2 Å². The van der Waals surface area contributed by atoms with Gasteiger partial charge >= 0.3 is 0 Å². The van der Waals surface area contributed by atoms with Gasteiger partial charge in [0.05, 0.1) is 12.2 Å². The molecule has 0 aliphatic rings. The Labute approximate surface area is 104 Å². The summed E-state index contributed by atoms with van der Waals surface area (Å²) in [7, 11) is 0. The van der Waals surface area contributed by atoms with E-state index >= 15 is 0 Å². The Balaban J connectivity index is 2.15. The molecular weight excluding hydrogens is 235 g/mol. The van der Waals surface area contributed by atoms with Crippen LogP contribution in [-0.2, 0) is 13.2 Å². The van der Waals surface area contributed by atoms with Gasteiger partial charge in [0, 0.05) is 11.8 Å². The van der Waals surface area contributed by atoms with Crippen molar-refractivity contribution < 1.29 is 14.2 Å². The highest BCUT2D eigenvalue weighted by Gasteiger charge is 2.08. The van der Waals surface area contributed by atoms with E-state index in [-0.39, 0.29) is 24.9 Å². The van der Waals surface area contributed by atoms with Crippen LogP contribution in [-0.4, -0.2) is 15.1 Å². The van der Waals surface area contributed by atoms with E-state index in [9.17, 15) is 4.39 Å². The van der Waals surface area contributed by atoms with E-state index in [0.29, 0.717) is 17.0 Å². The minimum Gasteiger partial charge on any atom is -0.472 e. The average Bonchev–Trinajstić information content (AvgIpc) is 2.38. The van der Waals surface area contributed by atoms with Crippen molar-refractivity contribution in [2.45, 2.75) is 20.1 Å². The first-order valence-electron chi connectivity index (χ1n) is 5.50. The van der Waals surface area contributed by atoms with Crippen molar-refractivity contribution >= 4 is 0 Å². The SMILES string of the molecule is Cc1ncc(CO)c(OCc2ccccc2F)n1. The maximum Gasteiger partial charge on any atom is 0.222 e. The highest BCUT2D eigenvalue weighted by atomic mass is 19.1. The van der Waals surface area contributed by atoms with E-state index in [0.717, 1.165) is 0 Å². The quantitative estimate of drug-likeness (QED) is 0.899. The zero-order valence-electron chi connectivity index (χ0n) is 9.93. The summed E-state index contributed by atoms with van der Waals surface area (Å²) < 4.78 is 18.8. The number of benzene rings is 1. The molecule has 0 aliphatic heterocycles. The molecule has 0 amide bonds. The molecule has 1 N–H and O–H groups in total. The lowest BCUT2D eigenvalue weighted by Crippen LogP contribution is -2.04. The van der Waals surface area contributed by atoms with Crippen LogP contribution in [0.5, 0.6) is 5.88 Å². The summed E-state index contributed by atoms with van der Waals surface area (Å²) in [6.45, 7) is 1.57. The van der Waals surface area contributed by atoms with Crippen molar-refractivity contribution in [3.05, 3.63) is 53.2 Å². The molecule has 1 heterocycles. The molecule has 18 heavy (non-hydrogen) atoms. The van der Waals surface area contributed by atoms with E-state index in [1.165, 1.54) is 12.3 Å². The predicted molar refractivity (Wildman–Crippen MR) is 63.4 cm³/mol. The van der Waals surface area contributed by atoms with Gasteiger partial charge in [-0.15, -0.1) is 0 Å². The van der Waals surface area contributed by atoms with Crippen LogP contribution in [0.1, 0.15) is 17.0 Å². The first-order chi connectivity index (χ1) is 8.70. The standard InChI is InChI=1S/C13H13FN2O2/c1-9-15-6-11(7-17)13(16-9)18-8-10-4-2-3-5-12(10)14/h2-6,17H,7-8H2,1H3. The van der Waals surface area contributed by atoms with Gasteiger partial charge < -0.3 is 9.84 Å². The van der Waals surface area contributed by atoms with Crippen LogP contribution in [0.25, 0.3) is 0 Å². The molecule has 2 aromatic rings. The molecule has 0 unspecified atom stereocenters. The Morgan fingerprint density at radius 2 is 2.06 bits per heavy atom. The van der Waals surface area contributed by atoms with Gasteiger partial charge in [0.25, 0.3) is 0 Å². The average molecular weight is 248 g/mol. The second-order valence-corrected chi connectivity index (χ2v) is 3.79. The van der Waals surface area contributed by atoms with Gasteiger partial charge in [-0.1, -0.05) is 18.2 Å². The first kappa shape index (κ1) is 12.4. The Morgan fingerprint density at radius 3 is 2.78 bits per heavy atom. The number of aliphatic hydroxyl groups excluding tert-OH is 1. The van der Waals surface area contributed by atoms with Crippen LogP contribution in [0.2, 0.25) is 0 Å². The monoisotopic (exact) mass is 248 g/mol. The summed E-state index contributed by atoms with van der Waals surface area (Å²) in [6, 6.07) is 6.37. The molecule has 0 atom stereocenters. The number of aryl methyl sites for hydroxylation is 1. The molecule has 94 valence electrons. The van der Waals surface area contributed by atoms with Crippen molar-refractivity contribution in [1.82, 2.24) is 9.97 Å². The van der Waals surface area contributed by atoms with Crippen molar-refractivity contribution in [3.8, 4) is 5.88 Å². The fourth-order valence-corrected chi connectivity index (χ4v) is 1.47. The molecule has 0 saturated heterocycles. The van der Waals surface area contributed by atoms with Gasteiger partial charge in [-0.3, -0.25) is 0 Å². The van der Waals surface area contributed by atoms with Gasteiger partial charge in [-0.25, -0.2) is 9.37 Å². The molecule has 2 rings (SSSR count). The fourth-order valence-electron chi connectivity index (χ4n) is 1.47. The number of aromatic nitrogens is 2. The summed E-state index contributed by atoms with van der Waals surface area (Å²) in [5.41, 5.74) is 0.926. The largest absolute Gasteiger partial charge is 0.472 e. The van der Waals surface area contributed by atoms with Gasteiger partial charge in [-0.2, -0.15) is 4.98 Å². The molecule has 0 bridgehead atoms. The Hall–Kier alpha value is -2.01. The van der Waals surface area contributed by atoms with Gasteiger partial charge in [0.15, 0.2) is 0 Å². The number of nitrogens with zero attached hydrogens (tertiary/aromatic N) is 2. The Bertz CT molecular complexity index is 546. The zero-order valence-corrected chi connectivity index (χ0v) is 9.93. The van der Waals surface area contributed by atoms with Crippen LogP contribution < -0.4 is 4.74 Å². The highest BCUT2D eigenvalue weighted by molar-refractivity contribution is 5.24. The summed E-state index contributed by atoms with van der Waals surface area (Å²) in [6.07, 6.45) is 1.50. The summed E-state index contributed by atoms with van der Waals surface area (Å²) in [5.74, 6) is 0.498. The molecule has 0 saturated carbocycles. The third kappa shape index (κ3) is 2.81. The number of rotatable bonds is 4. The zero-order chi connectivity index (χ0) is 13.0. The summed E-state index contributed by atoms with van der Waals surface area (Å²) in [5, 5.41) is 9.13. The number of hydrogen-bond acceptors (Lipinski definition) is 4. The normalized spacial score (nSPS) is 10.4. The second-order valence-electron chi connectivity index (χ2n) is 3.79.